The third-order valence-electron chi connectivity index (χ3n) is 2.18. The Bertz CT molecular complexity index is 522. The van der Waals surface area contributed by atoms with Crippen LogP contribution in [0.25, 0.3) is 0 Å². The lowest BCUT2D eigenvalue weighted by Crippen LogP contribution is -2.29. The number of nitrogens with zero attached hydrogens (tertiary/aromatic N) is 1. The van der Waals surface area contributed by atoms with Crippen molar-refractivity contribution in [2.75, 3.05) is 26.0 Å². The summed E-state index contributed by atoms with van der Waals surface area (Å²) >= 11 is 0. The summed E-state index contributed by atoms with van der Waals surface area (Å²) in [4.78, 5) is 23.0. The highest BCUT2D eigenvalue weighted by molar-refractivity contribution is 5.99. The summed E-state index contributed by atoms with van der Waals surface area (Å²) in [5.41, 5.74) is 5.92. The average Bonchev–Trinajstić information content (AvgIpc) is 2.42. The van der Waals surface area contributed by atoms with E-state index in [0.29, 0.717) is 0 Å². The van der Waals surface area contributed by atoms with Crippen molar-refractivity contribution in [1.82, 2.24) is 5.32 Å². The van der Waals surface area contributed by atoms with E-state index in [1.54, 1.807) is 18.2 Å². The van der Waals surface area contributed by atoms with Crippen molar-refractivity contribution in [2.24, 2.45) is 0 Å². The first-order chi connectivity index (χ1) is 9.10. The van der Waals surface area contributed by atoms with Crippen molar-refractivity contribution in [2.45, 2.75) is 0 Å². The van der Waals surface area contributed by atoms with Gasteiger partial charge in [0.15, 0.2) is 6.61 Å². The van der Waals surface area contributed by atoms with Gasteiger partial charge in [-0.1, -0.05) is 6.07 Å². The number of nitriles is 1. The molecule has 0 atom stereocenters. The summed E-state index contributed by atoms with van der Waals surface area (Å²) < 4.78 is 9.78. The normalized spacial score (nSPS) is 9.26. The lowest BCUT2D eigenvalue weighted by atomic mass is 10.1. The lowest BCUT2D eigenvalue weighted by Gasteiger charge is -2.10. The molecule has 1 amide bonds. The minimum absolute atomic E-state index is 0.0677. The molecule has 0 bridgehead atoms. The van der Waals surface area contributed by atoms with Crippen LogP contribution < -0.4 is 15.8 Å². The maximum absolute atomic E-state index is 11.8. The maximum Gasteiger partial charge on any atom is 0.344 e. The molecule has 7 heteroatoms. The summed E-state index contributed by atoms with van der Waals surface area (Å²) in [5, 5.41) is 10.5. The molecule has 0 spiro atoms. The number of ether oxygens (including phenoxy) is 2. The fourth-order valence-corrected chi connectivity index (χ4v) is 1.33. The van der Waals surface area contributed by atoms with Crippen molar-refractivity contribution in [3.8, 4) is 11.8 Å². The number of hydrogen-bond donors (Lipinski definition) is 2. The van der Waals surface area contributed by atoms with Crippen molar-refractivity contribution in [1.29, 1.82) is 5.26 Å². The van der Waals surface area contributed by atoms with Crippen LogP contribution in [0.1, 0.15) is 10.4 Å². The van der Waals surface area contributed by atoms with E-state index in [9.17, 15) is 9.59 Å². The lowest BCUT2D eigenvalue weighted by molar-refractivity contribution is -0.123. The van der Waals surface area contributed by atoms with Gasteiger partial charge in [0.2, 0.25) is 0 Å². The van der Waals surface area contributed by atoms with Crippen molar-refractivity contribution < 1.29 is 19.1 Å². The van der Waals surface area contributed by atoms with E-state index in [1.165, 1.54) is 13.2 Å². The van der Waals surface area contributed by atoms with E-state index >= 15 is 0 Å². The van der Waals surface area contributed by atoms with E-state index in [0.717, 1.165) is 0 Å². The van der Waals surface area contributed by atoms with E-state index < -0.39 is 18.5 Å². The average molecular weight is 263 g/mol. The predicted molar refractivity (Wildman–Crippen MR) is 66.3 cm³/mol. The van der Waals surface area contributed by atoms with Crippen LogP contribution in [0.2, 0.25) is 0 Å². The molecule has 0 fully saturated rings. The maximum atomic E-state index is 11.8. The van der Waals surface area contributed by atoms with Crippen LogP contribution in [0.3, 0.4) is 0 Å². The molecule has 0 unspecified atom stereocenters. The molecule has 19 heavy (non-hydrogen) atoms. The van der Waals surface area contributed by atoms with E-state index in [1.807, 2.05) is 0 Å². The second kappa shape index (κ2) is 6.86. The number of benzene rings is 1. The molecule has 0 saturated carbocycles. The highest BCUT2D eigenvalue weighted by Gasteiger charge is 2.18. The molecule has 0 saturated heterocycles. The SMILES string of the molecule is COc1cccc(N)c1C(=O)OCC(=O)NCC#N. The number of carbonyl (C=O) groups is 2. The van der Waals surface area contributed by atoms with Crippen molar-refractivity contribution in [3.05, 3.63) is 23.8 Å². The first-order valence-corrected chi connectivity index (χ1v) is 5.33. The van der Waals surface area contributed by atoms with Gasteiger partial charge in [-0.25, -0.2) is 4.79 Å². The Balaban J connectivity index is 2.69. The molecule has 0 aliphatic rings. The molecule has 1 aromatic carbocycles. The Morgan fingerprint density at radius 3 is 2.84 bits per heavy atom. The number of amides is 1. The second-order valence-corrected chi connectivity index (χ2v) is 3.44. The van der Waals surface area contributed by atoms with Gasteiger partial charge in [-0.05, 0) is 12.1 Å². The van der Waals surface area contributed by atoms with Crippen LogP contribution >= 0.6 is 0 Å². The largest absolute Gasteiger partial charge is 0.496 e. The molecular weight excluding hydrogens is 250 g/mol. The summed E-state index contributed by atoms with van der Waals surface area (Å²) in [6.45, 7) is -0.634. The monoisotopic (exact) mass is 263 g/mol. The smallest absolute Gasteiger partial charge is 0.344 e. The number of carbonyl (C=O) groups excluding carboxylic acids is 2. The predicted octanol–water partition coefficient (Wildman–Crippen LogP) is 0.0740. The Morgan fingerprint density at radius 2 is 2.21 bits per heavy atom. The quantitative estimate of drug-likeness (QED) is 0.441. The number of anilines is 1. The van der Waals surface area contributed by atoms with E-state index in [4.69, 9.17) is 20.5 Å². The highest BCUT2D eigenvalue weighted by Crippen LogP contribution is 2.24. The number of esters is 1. The fourth-order valence-electron chi connectivity index (χ4n) is 1.33. The molecule has 1 aromatic rings. The zero-order valence-electron chi connectivity index (χ0n) is 10.3. The molecule has 0 aromatic heterocycles. The van der Waals surface area contributed by atoms with Gasteiger partial charge in [0.05, 0.1) is 13.2 Å². The molecule has 0 heterocycles. The number of hydrogen-bond acceptors (Lipinski definition) is 6. The first-order valence-electron chi connectivity index (χ1n) is 5.33. The van der Waals surface area contributed by atoms with Crippen molar-refractivity contribution in [3.63, 3.8) is 0 Å². The molecule has 0 aliphatic carbocycles. The van der Waals surface area contributed by atoms with Crippen molar-refractivity contribution >= 4 is 17.6 Å². The third kappa shape index (κ3) is 3.89. The van der Waals surface area contributed by atoms with Crippen LogP contribution in [0.5, 0.6) is 5.75 Å². The van der Waals surface area contributed by atoms with Crippen LogP contribution in [-0.2, 0) is 9.53 Å². The summed E-state index contributed by atoms with van der Waals surface area (Å²) in [6, 6.07) is 6.44. The number of nitrogen functional groups attached to an aromatic ring is 1. The minimum atomic E-state index is -0.762. The molecule has 0 radical (unpaired) electrons. The fraction of sp³-hybridized carbons (Fsp3) is 0.250. The van der Waals surface area contributed by atoms with Gasteiger partial charge in [0, 0.05) is 5.69 Å². The van der Waals surface area contributed by atoms with Gasteiger partial charge >= 0.3 is 5.97 Å². The number of nitrogens with one attached hydrogen (secondary N) is 1. The molecule has 1 rings (SSSR count). The Hall–Kier alpha value is -2.75. The van der Waals surface area contributed by atoms with Gasteiger partial charge in [0.1, 0.15) is 17.9 Å². The van der Waals surface area contributed by atoms with E-state index in [2.05, 4.69) is 5.32 Å². The Labute approximate surface area is 109 Å². The molecule has 100 valence electrons. The van der Waals surface area contributed by atoms with Crippen LogP contribution in [-0.4, -0.2) is 32.1 Å². The second-order valence-electron chi connectivity index (χ2n) is 3.44. The molecular formula is C12H13N3O4. The number of rotatable bonds is 5. The molecule has 3 N–H and O–H groups in total. The third-order valence-corrected chi connectivity index (χ3v) is 2.18. The van der Waals surface area contributed by atoms with Crippen LogP contribution in [0, 0.1) is 11.3 Å². The van der Waals surface area contributed by atoms with Gasteiger partial charge in [0.25, 0.3) is 5.91 Å². The summed E-state index contributed by atoms with van der Waals surface area (Å²) in [5.74, 6) is -1.06. The molecule has 0 aliphatic heterocycles. The first kappa shape index (κ1) is 14.3. The standard InChI is InChI=1S/C12H13N3O4/c1-18-9-4-2-3-8(14)11(9)12(17)19-7-10(16)15-6-5-13/h2-4H,6-7,14H2,1H3,(H,15,16). The van der Waals surface area contributed by atoms with Gasteiger partial charge in [-0.15, -0.1) is 0 Å². The topological polar surface area (TPSA) is 114 Å². The zero-order valence-corrected chi connectivity index (χ0v) is 10.3. The van der Waals surface area contributed by atoms with Crippen LogP contribution in [0.15, 0.2) is 18.2 Å². The van der Waals surface area contributed by atoms with E-state index in [-0.39, 0.29) is 23.5 Å². The van der Waals surface area contributed by atoms with Crippen LogP contribution in [0.4, 0.5) is 5.69 Å². The minimum Gasteiger partial charge on any atom is -0.496 e. The summed E-state index contributed by atoms with van der Waals surface area (Å²) in [7, 11) is 1.39. The number of methoxy groups -OCH3 is 1. The Morgan fingerprint density at radius 1 is 1.47 bits per heavy atom. The summed E-state index contributed by atoms with van der Waals surface area (Å²) in [6.07, 6.45) is 0. The number of nitrogens with two attached hydrogens (primary N) is 1. The van der Waals surface area contributed by atoms with Gasteiger partial charge in [-0.2, -0.15) is 5.26 Å². The highest BCUT2D eigenvalue weighted by atomic mass is 16.5. The molecule has 7 nitrogen and oxygen atoms in total. The van der Waals surface area contributed by atoms with Gasteiger partial charge < -0.3 is 20.5 Å². The Kier molecular flexibility index (Phi) is 5.17. The van der Waals surface area contributed by atoms with Gasteiger partial charge in [-0.3, -0.25) is 4.79 Å². The zero-order chi connectivity index (χ0) is 14.3.